The predicted molar refractivity (Wildman–Crippen MR) is 72.1 cm³/mol. The first-order valence-corrected chi connectivity index (χ1v) is 6.33. The molecule has 0 aromatic heterocycles. The number of nitrogens with zero attached hydrogens (tertiary/aromatic N) is 1. The predicted octanol–water partition coefficient (Wildman–Crippen LogP) is 1.02. The Morgan fingerprint density at radius 2 is 1.79 bits per heavy atom. The van der Waals surface area contributed by atoms with Crippen LogP contribution >= 0.6 is 0 Å². The molecule has 1 aliphatic rings. The largest absolute Gasteiger partial charge is 0.339 e. The third-order valence-corrected chi connectivity index (χ3v) is 2.95. The number of amides is 2. The van der Waals surface area contributed by atoms with Crippen LogP contribution in [0, 0.1) is 5.92 Å². The first-order valence-electron chi connectivity index (χ1n) is 6.33. The Labute approximate surface area is 113 Å². The summed E-state index contributed by atoms with van der Waals surface area (Å²) < 4.78 is 0. The van der Waals surface area contributed by atoms with E-state index in [0.717, 1.165) is 19.5 Å². The van der Waals surface area contributed by atoms with Crippen molar-refractivity contribution < 1.29 is 14.4 Å². The van der Waals surface area contributed by atoms with Gasteiger partial charge in [-0.05, 0) is 6.42 Å². The average Bonchev–Trinajstić information content (AvgIpc) is 2.25. The van der Waals surface area contributed by atoms with Gasteiger partial charge in [0, 0.05) is 31.0 Å². The number of ketones is 1. The molecule has 1 aliphatic heterocycles. The lowest BCUT2D eigenvalue weighted by molar-refractivity contribution is -0.131. The van der Waals surface area contributed by atoms with Crippen molar-refractivity contribution in [1.82, 2.24) is 10.2 Å². The Morgan fingerprint density at radius 3 is 2.21 bits per heavy atom. The third kappa shape index (κ3) is 4.05. The van der Waals surface area contributed by atoms with Gasteiger partial charge in [0.25, 0.3) is 0 Å². The van der Waals surface area contributed by atoms with Crippen LogP contribution in [0.15, 0.2) is 24.4 Å². The fourth-order valence-corrected chi connectivity index (χ4v) is 1.48. The van der Waals surface area contributed by atoms with E-state index in [-0.39, 0.29) is 41.2 Å². The topological polar surface area (TPSA) is 66.5 Å². The second-order valence-electron chi connectivity index (χ2n) is 4.97. The summed E-state index contributed by atoms with van der Waals surface area (Å²) in [6.07, 6.45) is 0.886. The third-order valence-electron chi connectivity index (χ3n) is 2.95. The van der Waals surface area contributed by atoms with Gasteiger partial charge in [-0.25, -0.2) is 0 Å². The number of hydrogen-bond acceptors (Lipinski definition) is 3. The standard InChI is InChI=1S/C14H20N2O3/c1-9(2)13(18)15-11(4)12(17)8-10(3)14(19)16-6-5-7-16/h9H,3-8H2,1-2H3,(H,15,18). The minimum Gasteiger partial charge on any atom is -0.339 e. The van der Waals surface area contributed by atoms with E-state index in [1.54, 1.807) is 18.7 Å². The number of carbonyl (C=O) groups is 3. The van der Waals surface area contributed by atoms with Crippen LogP contribution in [0.2, 0.25) is 0 Å². The number of allylic oxidation sites excluding steroid dienone is 1. The molecule has 19 heavy (non-hydrogen) atoms. The average molecular weight is 264 g/mol. The molecule has 1 rings (SSSR count). The molecule has 1 N–H and O–H groups in total. The number of likely N-dealkylation sites (tertiary alicyclic amines) is 1. The minimum atomic E-state index is -0.382. The van der Waals surface area contributed by atoms with Crippen molar-refractivity contribution >= 4 is 17.6 Å². The van der Waals surface area contributed by atoms with Crippen molar-refractivity contribution in [2.24, 2.45) is 5.92 Å². The second kappa shape index (κ2) is 6.31. The van der Waals surface area contributed by atoms with Crippen LogP contribution in [-0.4, -0.2) is 35.6 Å². The molecule has 0 aromatic carbocycles. The number of nitrogens with one attached hydrogen (secondary N) is 1. The van der Waals surface area contributed by atoms with Gasteiger partial charge in [0.15, 0.2) is 5.78 Å². The molecule has 1 fully saturated rings. The van der Waals surface area contributed by atoms with Crippen LogP contribution < -0.4 is 5.32 Å². The summed E-state index contributed by atoms with van der Waals surface area (Å²) in [6, 6.07) is 0. The van der Waals surface area contributed by atoms with E-state index < -0.39 is 0 Å². The molecule has 5 nitrogen and oxygen atoms in total. The van der Waals surface area contributed by atoms with Crippen LogP contribution in [0.3, 0.4) is 0 Å². The lowest BCUT2D eigenvalue weighted by Crippen LogP contribution is -2.43. The van der Waals surface area contributed by atoms with E-state index in [2.05, 4.69) is 18.5 Å². The SMILES string of the molecule is C=C(CC(=O)C(=C)NC(=O)C(C)C)C(=O)N1CCC1. The molecule has 5 heteroatoms. The van der Waals surface area contributed by atoms with Crippen molar-refractivity contribution in [3.63, 3.8) is 0 Å². The van der Waals surface area contributed by atoms with E-state index >= 15 is 0 Å². The van der Waals surface area contributed by atoms with Gasteiger partial charge >= 0.3 is 0 Å². The van der Waals surface area contributed by atoms with Gasteiger partial charge in [-0.2, -0.15) is 0 Å². The molecule has 1 heterocycles. The maximum Gasteiger partial charge on any atom is 0.249 e. The van der Waals surface area contributed by atoms with Crippen molar-refractivity contribution in [1.29, 1.82) is 0 Å². The van der Waals surface area contributed by atoms with E-state index in [1.165, 1.54) is 0 Å². The molecule has 104 valence electrons. The lowest BCUT2D eigenvalue weighted by atomic mass is 10.1. The molecule has 2 amide bonds. The molecule has 0 bridgehead atoms. The smallest absolute Gasteiger partial charge is 0.249 e. The summed E-state index contributed by atoms with van der Waals surface area (Å²) in [5.41, 5.74) is 0.251. The highest BCUT2D eigenvalue weighted by atomic mass is 16.2. The molecule has 1 saturated heterocycles. The van der Waals surface area contributed by atoms with Gasteiger partial charge in [-0.15, -0.1) is 0 Å². The molecule has 0 spiro atoms. The molecule has 0 unspecified atom stereocenters. The van der Waals surface area contributed by atoms with Crippen molar-refractivity contribution in [2.45, 2.75) is 26.7 Å². The zero-order chi connectivity index (χ0) is 14.6. The molecule has 0 aliphatic carbocycles. The van der Waals surface area contributed by atoms with E-state index in [9.17, 15) is 14.4 Å². The van der Waals surface area contributed by atoms with Crippen molar-refractivity contribution in [3.8, 4) is 0 Å². The van der Waals surface area contributed by atoms with E-state index in [1.807, 2.05) is 0 Å². The quantitative estimate of drug-likeness (QED) is 0.728. The van der Waals surface area contributed by atoms with Gasteiger partial charge in [0.05, 0.1) is 5.70 Å². The fraction of sp³-hybridized carbons (Fsp3) is 0.500. The first kappa shape index (κ1) is 15.1. The van der Waals surface area contributed by atoms with E-state index in [4.69, 9.17) is 0 Å². The Hall–Kier alpha value is -1.91. The van der Waals surface area contributed by atoms with Gasteiger partial charge < -0.3 is 10.2 Å². The fourth-order valence-electron chi connectivity index (χ4n) is 1.48. The molecular weight excluding hydrogens is 244 g/mol. The number of rotatable bonds is 6. The van der Waals surface area contributed by atoms with Crippen molar-refractivity contribution in [3.05, 3.63) is 24.4 Å². The highest BCUT2D eigenvalue weighted by Gasteiger charge is 2.24. The maximum absolute atomic E-state index is 11.8. The molecule has 0 aromatic rings. The van der Waals surface area contributed by atoms with Gasteiger partial charge in [0.1, 0.15) is 0 Å². The summed E-state index contributed by atoms with van der Waals surface area (Å²) in [7, 11) is 0. The highest BCUT2D eigenvalue weighted by molar-refractivity contribution is 6.05. The van der Waals surface area contributed by atoms with Gasteiger partial charge in [-0.1, -0.05) is 27.0 Å². The zero-order valence-corrected chi connectivity index (χ0v) is 11.5. The maximum atomic E-state index is 11.8. The van der Waals surface area contributed by atoms with Crippen LogP contribution in [0.4, 0.5) is 0 Å². The second-order valence-corrected chi connectivity index (χ2v) is 4.97. The summed E-state index contributed by atoms with van der Waals surface area (Å²) >= 11 is 0. The van der Waals surface area contributed by atoms with Crippen LogP contribution in [-0.2, 0) is 14.4 Å². The Balaban J connectivity index is 2.45. The first-order chi connectivity index (χ1) is 8.82. The monoisotopic (exact) mass is 264 g/mol. The van der Waals surface area contributed by atoms with Crippen LogP contribution in [0.5, 0.6) is 0 Å². The summed E-state index contributed by atoms with van der Waals surface area (Å²) in [5.74, 6) is -1.07. The normalized spacial score (nSPS) is 13.7. The van der Waals surface area contributed by atoms with Crippen LogP contribution in [0.1, 0.15) is 26.7 Å². The van der Waals surface area contributed by atoms with Gasteiger partial charge in [-0.3, -0.25) is 14.4 Å². The number of carbonyl (C=O) groups excluding carboxylic acids is 3. The molecule has 0 atom stereocenters. The Kier molecular flexibility index (Phi) is 5.03. The highest BCUT2D eigenvalue weighted by Crippen LogP contribution is 2.13. The minimum absolute atomic E-state index is 0.0104. The molecular formula is C14H20N2O3. The zero-order valence-electron chi connectivity index (χ0n) is 11.5. The Morgan fingerprint density at radius 1 is 1.21 bits per heavy atom. The summed E-state index contributed by atoms with van der Waals surface area (Å²) in [4.78, 5) is 36.6. The lowest BCUT2D eigenvalue weighted by Gasteiger charge is -2.31. The molecule has 0 radical (unpaired) electrons. The Bertz CT molecular complexity index is 434. The van der Waals surface area contributed by atoms with E-state index in [0.29, 0.717) is 0 Å². The molecule has 0 saturated carbocycles. The summed E-state index contributed by atoms with van der Waals surface area (Å²) in [5, 5.41) is 2.43. The van der Waals surface area contributed by atoms with Crippen LogP contribution in [0.25, 0.3) is 0 Å². The van der Waals surface area contributed by atoms with Gasteiger partial charge in [0.2, 0.25) is 11.8 Å². The number of Topliss-reactive ketones (excluding diaryl/α,β-unsaturated/α-hetero) is 1. The van der Waals surface area contributed by atoms with Crippen molar-refractivity contribution in [2.75, 3.05) is 13.1 Å². The number of hydrogen-bond donors (Lipinski definition) is 1. The summed E-state index contributed by atoms with van der Waals surface area (Å²) in [6.45, 7) is 12.0.